The van der Waals surface area contributed by atoms with Crippen LogP contribution in [0.4, 0.5) is 15.8 Å². The van der Waals surface area contributed by atoms with E-state index in [0.29, 0.717) is 6.54 Å². The molecule has 6 nitrogen and oxygen atoms in total. The zero-order valence-electron chi connectivity index (χ0n) is 14.7. The SMILES string of the molecule is Cc1c(F)cc(C(=O)NCC2CCN(c3cccc(Br)c3)C2)cc1[N+](=O)[O-]. The molecule has 0 saturated carbocycles. The Labute approximate surface area is 164 Å². The lowest BCUT2D eigenvalue weighted by atomic mass is 10.1. The lowest BCUT2D eigenvalue weighted by Crippen LogP contribution is -2.31. The van der Waals surface area contributed by atoms with E-state index in [1.165, 1.54) is 6.92 Å². The molecule has 2 aromatic carbocycles. The third kappa shape index (κ3) is 4.44. The van der Waals surface area contributed by atoms with Gasteiger partial charge in [0.1, 0.15) is 5.82 Å². The van der Waals surface area contributed by atoms with Crippen molar-refractivity contribution < 1.29 is 14.1 Å². The van der Waals surface area contributed by atoms with Gasteiger partial charge in [0.05, 0.1) is 10.5 Å². The van der Waals surface area contributed by atoms with Crippen molar-refractivity contribution in [1.29, 1.82) is 0 Å². The number of halogens is 2. The fourth-order valence-corrected chi connectivity index (χ4v) is 3.62. The average Bonchev–Trinajstić information content (AvgIpc) is 3.10. The molecule has 1 N–H and O–H groups in total. The Balaban J connectivity index is 1.61. The van der Waals surface area contributed by atoms with Crippen molar-refractivity contribution >= 4 is 33.2 Å². The summed E-state index contributed by atoms with van der Waals surface area (Å²) in [6, 6.07) is 10.2. The molecule has 3 rings (SSSR count). The number of hydrogen-bond acceptors (Lipinski definition) is 4. The average molecular weight is 436 g/mol. The minimum Gasteiger partial charge on any atom is -0.371 e. The third-order valence-electron chi connectivity index (χ3n) is 4.79. The minimum absolute atomic E-state index is 0.0355. The summed E-state index contributed by atoms with van der Waals surface area (Å²) in [5.41, 5.74) is 0.625. The van der Waals surface area contributed by atoms with Crippen LogP contribution in [0.2, 0.25) is 0 Å². The first-order valence-corrected chi connectivity index (χ1v) is 9.37. The van der Waals surface area contributed by atoms with Crippen LogP contribution in [0.15, 0.2) is 40.9 Å². The normalized spacial score (nSPS) is 16.4. The highest BCUT2D eigenvalue weighted by Crippen LogP contribution is 2.26. The Hall–Kier alpha value is -2.48. The maximum Gasteiger partial charge on any atom is 0.276 e. The minimum atomic E-state index is -0.754. The van der Waals surface area contributed by atoms with E-state index in [-0.39, 0.29) is 22.7 Å². The molecule has 0 aromatic heterocycles. The molecule has 0 aliphatic carbocycles. The summed E-state index contributed by atoms with van der Waals surface area (Å²) in [5.74, 6) is -0.993. The first-order chi connectivity index (χ1) is 12.8. The molecule has 0 radical (unpaired) electrons. The second-order valence-corrected chi connectivity index (χ2v) is 7.57. The van der Waals surface area contributed by atoms with Gasteiger partial charge in [0, 0.05) is 41.4 Å². The predicted molar refractivity (Wildman–Crippen MR) is 105 cm³/mol. The van der Waals surface area contributed by atoms with Gasteiger partial charge in [0.25, 0.3) is 11.6 Å². The molecule has 27 heavy (non-hydrogen) atoms. The first kappa shape index (κ1) is 19.3. The molecule has 1 unspecified atom stereocenters. The molecule has 1 atom stereocenters. The molecule has 0 spiro atoms. The van der Waals surface area contributed by atoms with Gasteiger partial charge in [-0.25, -0.2) is 4.39 Å². The molecule has 1 amide bonds. The topological polar surface area (TPSA) is 75.5 Å². The highest BCUT2D eigenvalue weighted by atomic mass is 79.9. The Morgan fingerprint density at radius 1 is 1.41 bits per heavy atom. The number of benzene rings is 2. The molecule has 142 valence electrons. The van der Waals surface area contributed by atoms with Gasteiger partial charge >= 0.3 is 0 Å². The summed E-state index contributed by atoms with van der Waals surface area (Å²) >= 11 is 3.46. The van der Waals surface area contributed by atoms with E-state index in [1.807, 2.05) is 18.2 Å². The van der Waals surface area contributed by atoms with Crippen molar-refractivity contribution in [3.05, 3.63) is 67.9 Å². The molecular formula is C19H19BrFN3O3. The second-order valence-electron chi connectivity index (χ2n) is 6.65. The van der Waals surface area contributed by atoms with E-state index in [9.17, 15) is 19.3 Å². The summed E-state index contributed by atoms with van der Waals surface area (Å²) < 4.78 is 14.9. The van der Waals surface area contributed by atoms with Crippen LogP contribution in [-0.4, -0.2) is 30.5 Å². The van der Waals surface area contributed by atoms with E-state index >= 15 is 0 Å². The first-order valence-electron chi connectivity index (χ1n) is 8.58. The second kappa shape index (κ2) is 8.04. The Morgan fingerprint density at radius 3 is 2.89 bits per heavy atom. The Bertz CT molecular complexity index is 890. The zero-order valence-corrected chi connectivity index (χ0v) is 16.3. The summed E-state index contributed by atoms with van der Waals surface area (Å²) in [6.45, 7) is 3.46. The molecule has 1 heterocycles. The van der Waals surface area contributed by atoms with Crippen LogP contribution < -0.4 is 10.2 Å². The number of amides is 1. The summed E-state index contributed by atoms with van der Waals surface area (Å²) in [7, 11) is 0. The molecule has 8 heteroatoms. The molecule has 0 bridgehead atoms. The van der Waals surface area contributed by atoms with Gasteiger partial charge in [-0.05, 0) is 43.5 Å². The summed E-state index contributed by atoms with van der Waals surface area (Å²) in [6.07, 6.45) is 0.926. The van der Waals surface area contributed by atoms with Gasteiger partial charge in [-0.3, -0.25) is 14.9 Å². The highest BCUT2D eigenvalue weighted by Gasteiger charge is 2.24. The number of nitro groups is 1. The maximum atomic E-state index is 13.9. The Morgan fingerprint density at radius 2 is 2.19 bits per heavy atom. The van der Waals surface area contributed by atoms with Crippen LogP contribution in [0.3, 0.4) is 0 Å². The molecule has 1 aliphatic heterocycles. The van der Waals surface area contributed by atoms with E-state index in [0.717, 1.165) is 41.8 Å². The fourth-order valence-electron chi connectivity index (χ4n) is 3.23. The van der Waals surface area contributed by atoms with Gasteiger partial charge in [-0.2, -0.15) is 0 Å². The molecule has 1 fully saturated rings. The molecular weight excluding hydrogens is 417 g/mol. The largest absolute Gasteiger partial charge is 0.371 e. The van der Waals surface area contributed by atoms with Crippen molar-refractivity contribution in [3.8, 4) is 0 Å². The number of nitrogens with zero attached hydrogens (tertiary/aromatic N) is 2. The Kier molecular flexibility index (Phi) is 5.74. The van der Waals surface area contributed by atoms with Crippen molar-refractivity contribution in [2.24, 2.45) is 5.92 Å². The molecule has 2 aromatic rings. The number of rotatable bonds is 5. The van der Waals surface area contributed by atoms with Crippen LogP contribution >= 0.6 is 15.9 Å². The fraction of sp³-hybridized carbons (Fsp3) is 0.316. The lowest BCUT2D eigenvalue weighted by molar-refractivity contribution is -0.385. The predicted octanol–water partition coefficient (Wildman–Crippen LogP) is 4.06. The van der Waals surface area contributed by atoms with Gasteiger partial charge < -0.3 is 10.2 Å². The molecule has 1 aliphatic rings. The van der Waals surface area contributed by atoms with Gasteiger partial charge in [-0.1, -0.05) is 22.0 Å². The lowest BCUT2D eigenvalue weighted by Gasteiger charge is -2.19. The van der Waals surface area contributed by atoms with Gasteiger partial charge in [0.2, 0.25) is 0 Å². The van der Waals surface area contributed by atoms with E-state index in [4.69, 9.17) is 0 Å². The van der Waals surface area contributed by atoms with Gasteiger partial charge in [-0.15, -0.1) is 0 Å². The number of anilines is 1. The van der Waals surface area contributed by atoms with Crippen LogP contribution in [0.25, 0.3) is 0 Å². The van der Waals surface area contributed by atoms with E-state index in [1.54, 1.807) is 0 Å². The standard InChI is InChI=1S/C19H19BrFN3O3/c1-12-17(21)7-14(8-18(12)24(26)27)19(25)22-10-13-5-6-23(11-13)16-4-2-3-15(20)9-16/h2-4,7-9,13H,5-6,10-11H2,1H3,(H,22,25). The quantitative estimate of drug-likeness (QED) is 0.567. The smallest absolute Gasteiger partial charge is 0.276 e. The van der Waals surface area contributed by atoms with Crippen LogP contribution in [0, 0.1) is 28.8 Å². The van der Waals surface area contributed by atoms with Crippen molar-refractivity contribution in [3.63, 3.8) is 0 Å². The monoisotopic (exact) mass is 435 g/mol. The highest BCUT2D eigenvalue weighted by molar-refractivity contribution is 9.10. The zero-order chi connectivity index (χ0) is 19.6. The van der Waals surface area contributed by atoms with Crippen LogP contribution in [0.5, 0.6) is 0 Å². The molecule has 1 saturated heterocycles. The number of nitrogens with one attached hydrogen (secondary N) is 1. The van der Waals surface area contributed by atoms with E-state index < -0.39 is 16.6 Å². The van der Waals surface area contributed by atoms with Crippen molar-refractivity contribution in [1.82, 2.24) is 5.32 Å². The summed E-state index contributed by atoms with van der Waals surface area (Å²) in [5, 5.41) is 13.8. The van der Waals surface area contributed by atoms with Crippen molar-refractivity contribution in [2.75, 3.05) is 24.5 Å². The van der Waals surface area contributed by atoms with Crippen LogP contribution in [0.1, 0.15) is 22.3 Å². The number of hydrogen-bond donors (Lipinski definition) is 1. The number of nitro benzene ring substituents is 1. The summed E-state index contributed by atoms with van der Waals surface area (Å²) in [4.78, 5) is 24.9. The number of carbonyl (C=O) groups is 1. The van der Waals surface area contributed by atoms with Crippen LogP contribution in [-0.2, 0) is 0 Å². The van der Waals surface area contributed by atoms with Gasteiger partial charge in [0.15, 0.2) is 0 Å². The van der Waals surface area contributed by atoms with Crippen molar-refractivity contribution in [2.45, 2.75) is 13.3 Å². The third-order valence-corrected chi connectivity index (χ3v) is 5.28. The number of carbonyl (C=O) groups excluding carboxylic acids is 1. The van der Waals surface area contributed by atoms with E-state index in [2.05, 4.69) is 32.2 Å². The maximum absolute atomic E-state index is 13.9.